The molecule has 2 aromatic rings. The lowest BCUT2D eigenvalue weighted by Gasteiger charge is -2.06. The molecule has 0 radical (unpaired) electrons. The largest absolute Gasteiger partial charge is 0.477 e. The predicted octanol–water partition coefficient (Wildman–Crippen LogP) is 2.22. The van der Waals surface area contributed by atoms with E-state index in [0.717, 1.165) is 17.0 Å². The van der Waals surface area contributed by atoms with E-state index in [1.165, 1.54) is 0 Å². The minimum Gasteiger partial charge on any atom is -0.477 e. The molecule has 2 rings (SSSR count). The van der Waals surface area contributed by atoms with Crippen LogP contribution in [0.5, 0.6) is 0 Å². The molecule has 2 N–H and O–H groups in total. The number of nitrogens with zero attached hydrogens (tertiary/aromatic N) is 2. The molecule has 0 bridgehead atoms. The van der Waals surface area contributed by atoms with Gasteiger partial charge in [-0.05, 0) is 31.4 Å². The molecular formula is C12H13N3O3S. The van der Waals surface area contributed by atoms with E-state index in [1.54, 1.807) is 29.1 Å². The van der Waals surface area contributed by atoms with Gasteiger partial charge in [0.15, 0.2) is 0 Å². The fourth-order valence-electron chi connectivity index (χ4n) is 1.73. The molecule has 0 saturated heterocycles. The topological polar surface area (TPSA) is 84.2 Å². The van der Waals surface area contributed by atoms with Crippen molar-refractivity contribution in [2.45, 2.75) is 20.4 Å². The summed E-state index contributed by atoms with van der Waals surface area (Å²) in [5.41, 5.74) is 1.47. The summed E-state index contributed by atoms with van der Waals surface area (Å²) in [5.74, 6) is -1.41. The molecule has 0 aliphatic carbocycles. The Balaban J connectivity index is 2.25. The van der Waals surface area contributed by atoms with E-state index in [9.17, 15) is 9.59 Å². The first-order chi connectivity index (χ1) is 9.02. The lowest BCUT2D eigenvalue weighted by molar-refractivity contribution is 0.0703. The molecule has 0 aromatic carbocycles. The number of aromatic nitrogens is 2. The first kappa shape index (κ1) is 13.3. The van der Waals surface area contributed by atoms with Gasteiger partial charge in [-0.15, -0.1) is 11.3 Å². The number of hydrogen-bond donors (Lipinski definition) is 2. The maximum Gasteiger partial charge on any atom is 0.348 e. The average molecular weight is 279 g/mol. The van der Waals surface area contributed by atoms with Gasteiger partial charge in [0.2, 0.25) is 0 Å². The van der Waals surface area contributed by atoms with Crippen molar-refractivity contribution >= 4 is 28.9 Å². The van der Waals surface area contributed by atoms with Crippen LogP contribution in [0.2, 0.25) is 0 Å². The molecule has 0 unspecified atom stereocenters. The van der Waals surface area contributed by atoms with Crippen molar-refractivity contribution in [2.24, 2.45) is 0 Å². The zero-order chi connectivity index (χ0) is 14.0. The molecule has 0 aliphatic rings. The maximum absolute atomic E-state index is 12.1. The molecule has 6 nitrogen and oxygen atoms in total. The zero-order valence-electron chi connectivity index (χ0n) is 10.5. The number of hydrogen-bond acceptors (Lipinski definition) is 4. The van der Waals surface area contributed by atoms with E-state index >= 15 is 0 Å². The Morgan fingerprint density at radius 1 is 1.53 bits per heavy atom. The van der Waals surface area contributed by atoms with Crippen LogP contribution >= 0.6 is 11.3 Å². The normalized spacial score (nSPS) is 10.4. The van der Waals surface area contributed by atoms with Crippen LogP contribution in [-0.2, 0) is 6.54 Å². The molecular weight excluding hydrogens is 266 g/mol. The van der Waals surface area contributed by atoms with Gasteiger partial charge in [-0.2, -0.15) is 5.10 Å². The van der Waals surface area contributed by atoms with Crippen LogP contribution in [0.1, 0.15) is 32.8 Å². The van der Waals surface area contributed by atoms with Crippen LogP contribution in [0, 0.1) is 6.92 Å². The van der Waals surface area contributed by atoms with Crippen LogP contribution in [-0.4, -0.2) is 26.8 Å². The van der Waals surface area contributed by atoms with Crippen molar-refractivity contribution in [3.63, 3.8) is 0 Å². The van der Waals surface area contributed by atoms with Crippen LogP contribution in [0.4, 0.5) is 5.69 Å². The second kappa shape index (κ2) is 5.23. The van der Waals surface area contributed by atoms with Gasteiger partial charge in [-0.1, -0.05) is 0 Å². The number of carbonyl (C=O) groups is 2. The lowest BCUT2D eigenvalue weighted by atomic mass is 10.3. The average Bonchev–Trinajstić information content (AvgIpc) is 2.95. The monoisotopic (exact) mass is 279 g/mol. The summed E-state index contributed by atoms with van der Waals surface area (Å²) in [6.45, 7) is 4.26. The SMILES string of the molecule is CCn1nc(C)cc1C(=O)Nc1ccsc1C(=O)O. The van der Waals surface area contributed by atoms with Crippen molar-refractivity contribution in [1.29, 1.82) is 0 Å². The quantitative estimate of drug-likeness (QED) is 0.898. The number of nitrogens with one attached hydrogen (secondary N) is 1. The van der Waals surface area contributed by atoms with Crippen molar-refractivity contribution in [3.05, 3.63) is 33.8 Å². The van der Waals surface area contributed by atoms with Crippen LogP contribution in [0.25, 0.3) is 0 Å². The molecule has 7 heteroatoms. The third kappa shape index (κ3) is 2.65. The number of aromatic carboxylic acids is 1. The highest BCUT2D eigenvalue weighted by Crippen LogP contribution is 2.22. The van der Waals surface area contributed by atoms with E-state index in [1.807, 2.05) is 6.92 Å². The van der Waals surface area contributed by atoms with Crippen molar-refractivity contribution in [2.75, 3.05) is 5.32 Å². The second-order valence-electron chi connectivity index (χ2n) is 3.91. The van der Waals surface area contributed by atoms with E-state index in [2.05, 4.69) is 10.4 Å². The molecule has 0 aliphatic heterocycles. The van der Waals surface area contributed by atoms with Gasteiger partial charge in [0.05, 0.1) is 11.4 Å². The van der Waals surface area contributed by atoms with Crippen LogP contribution in [0.15, 0.2) is 17.5 Å². The highest BCUT2D eigenvalue weighted by molar-refractivity contribution is 7.12. The molecule has 2 aromatic heterocycles. The summed E-state index contributed by atoms with van der Waals surface area (Å²) in [6.07, 6.45) is 0. The number of thiophene rings is 1. The van der Waals surface area contributed by atoms with Gasteiger partial charge in [0, 0.05) is 6.54 Å². The van der Waals surface area contributed by atoms with Crippen LogP contribution in [0.3, 0.4) is 0 Å². The summed E-state index contributed by atoms with van der Waals surface area (Å²) < 4.78 is 1.58. The smallest absolute Gasteiger partial charge is 0.348 e. The number of rotatable bonds is 4. The van der Waals surface area contributed by atoms with Gasteiger partial charge >= 0.3 is 5.97 Å². The van der Waals surface area contributed by atoms with Crippen LogP contribution < -0.4 is 5.32 Å². The third-order valence-corrected chi connectivity index (χ3v) is 3.44. The number of aryl methyl sites for hydroxylation is 2. The molecule has 0 fully saturated rings. The number of carboxylic acid groups (broad SMARTS) is 1. The van der Waals surface area contributed by atoms with E-state index in [-0.39, 0.29) is 10.8 Å². The Labute approximate surface area is 113 Å². The van der Waals surface area contributed by atoms with Crippen molar-refractivity contribution < 1.29 is 14.7 Å². The molecule has 0 saturated carbocycles. The van der Waals surface area contributed by atoms with Crippen molar-refractivity contribution in [1.82, 2.24) is 9.78 Å². The third-order valence-electron chi connectivity index (χ3n) is 2.54. The summed E-state index contributed by atoms with van der Waals surface area (Å²) in [7, 11) is 0. The first-order valence-electron chi connectivity index (χ1n) is 5.69. The summed E-state index contributed by atoms with van der Waals surface area (Å²) >= 11 is 1.07. The van der Waals surface area contributed by atoms with Gasteiger partial charge in [0.1, 0.15) is 10.6 Å². The Kier molecular flexibility index (Phi) is 3.66. The first-order valence-corrected chi connectivity index (χ1v) is 6.57. The molecule has 0 atom stereocenters. The summed E-state index contributed by atoms with van der Waals surface area (Å²) in [5, 5.41) is 17.4. The number of carboxylic acids is 1. The Bertz CT molecular complexity index is 630. The van der Waals surface area contributed by atoms with E-state index in [4.69, 9.17) is 5.11 Å². The molecule has 1 amide bonds. The van der Waals surface area contributed by atoms with E-state index in [0.29, 0.717) is 17.9 Å². The molecule has 19 heavy (non-hydrogen) atoms. The van der Waals surface area contributed by atoms with Gasteiger partial charge in [-0.25, -0.2) is 4.79 Å². The van der Waals surface area contributed by atoms with Gasteiger partial charge < -0.3 is 10.4 Å². The predicted molar refractivity (Wildman–Crippen MR) is 71.9 cm³/mol. The molecule has 100 valence electrons. The number of carbonyl (C=O) groups excluding carboxylic acids is 1. The zero-order valence-corrected chi connectivity index (χ0v) is 11.3. The standard InChI is InChI=1S/C12H13N3O3S/c1-3-15-9(6-7(2)14-15)11(16)13-8-4-5-19-10(8)12(17)18/h4-6H,3H2,1-2H3,(H,13,16)(H,17,18). The Morgan fingerprint density at radius 2 is 2.26 bits per heavy atom. The minimum atomic E-state index is -1.05. The molecule has 2 heterocycles. The minimum absolute atomic E-state index is 0.118. The van der Waals surface area contributed by atoms with E-state index < -0.39 is 5.97 Å². The summed E-state index contributed by atoms with van der Waals surface area (Å²) in [6, 6.07) is 3.25. The Hall–Kier alpha value is -2.15. The second-order valence-corrected chi connectivity index (χ2v) is 4.83. The van der Waals surface area contributed by atoms with Gasteiger partial charge in [0.25, 0.3) is 5.91 Å². The fraction of sp³-hybridized carbons (Fsp3) is 0.250. The summed E-state index contributed by atoms with van der Waals surface area (Å²) in [4.78, 5) is 23.2. The number of amides is 1. The molecule has 0 spiro atoms. The number of anilines is 1. The highest BCUT2D eigenvalue weighted by atomic mass is 32.1. The van der Waals surface area contributed by atoms with Crippen molar-refractivity contribution in [3.8, 4) is 0 Å². The maximum atomic E-state index is 12.1. The fourth-order valence-corrected chi connectivity index (χ4v) is 2.42. The Morgan fingerprint density at radius 3 is 2.89 bits per heavy atom. The highest BCUT2D eigenvalue weighted by Gasteiger charge is 2.17. The lowest BCUT2D eigenvalue weighted by Crippen LogP contribution is -2.18. The van der Waals surface area contributed by atoms with Gasteiger partial charge in [-0.3, -0.25) is 9.48 Å².